The third-order valence-corrected chi connectivity index (χ3v) is 7.22. The van der Waals surface area contributed by atoms with Gasteiger partial charge in [-0.2, -0.15) is 13.2 Å². The molecule has 0 atom stereocenters. The predicted octanol–water partition coefficient (Wildman–Crippen LogP) is 7.57. The molecule has 1 heterocycles. The maximum Gasteiger partial charge on any atom is 0.416 e. The molecule has 0 amide bonds. The summed E-state index contributed by atoms with van der Waals surface area (Å²) in [6.07, 6.45) is -0.792. The molecule has 1 aliphatic rings. The highest BCUT2D eigenvalue weighted by atomic mass is 19.4. The van der Waals surface area contributed by atoms with Crippen LogP contribution in [0.25, 0.3) is 16.6 Å². The van der Waals surface area contributed by atoms with E-state index in [1.54, 1.807) is 0 Å². The number of halogens is 3. The van der Waals surface area contributed by atoms with Crippen LogP contribution in [0.1, 0.15) is 53.5 Å². The largest absolute Gasteiger partial charge is 0.494 e. The van der Waals surface area contributed by atoms with E-state index in [-0.39, 0.29) is 29.6 Å². The second-order valence-electron chi connectivity index (χ2n) is 10.1. The molecule has 5 rings (SSSR count). The number of alkyl halides is 3. The number of Topliss-reactive ketones (excluding diaryl/α,β-unsaturated/α-hetero) is 1. The molecular formula is C31H29F3N2O2. The predicted molar refractivity (Wildman–Crippen MR) is 143 cm³/mol. The first kappa shape index (κ1) is 25.8. The number of aliphatic imine (C=N–C) groups is 1. The number of rotatable bonds is 6. The average molecular weight is 519 g/mol. The summed E-state index contributed by atoms with van der Waals surface area (Å²) in [5.74, 6) is -0.191. The third-order valence-electron chi connectivity index (χ3n) is 7.22. The van der Waals surface area contributed by atoms with Gasteiger partial charge in [-0.1, -0.05) is 55.3 Å². The number of hydrogen-bond donors (Lipinski definition) is 1. The van der Waals surface area contributed by atoms with Crippen molar-refractivity contribution >= 4 is 22.4 Å². The van der Waals surface area contributed by atoms with E-state index in [1.807, 2.05) is 62.4 Å². The third kappa shape index (κ3) is 4.97. The fourth-order valence-corrected chi connectivity index (χ4v) is 5.47. The summed E-state index contributed by atoms with van der Waals surface area (Å²) >= 11 is 0. The monoisotopic (exact) mass is 518 g/mol. The summed E-state index contributed by atoms with van der Waals surface area (Å²) < 4.78 is 42.6. The van der Waals surface area contributed by atoms with Crippen molar-refractivity contribution in [1.29, 1.82) is 0 Å². The molecule has 1 N–H and O–H groups in total. The molecule has 1 aromatic heterocycles. The van der Waals surface area contributed by atoms with Crippen LogP contribution in [-0.2, 0) is 11.0 Å². The minimum atomic E-state index is -4.55. The lowest BCUT2D eigenvalue weighted by Gasteiger charge is -2.12. The molecular weight excluding hydrogens is 489 g/mol. The number of fused-ring (bicyclic) bond motifs is 1. The minimum Gasteiger partial charge on any atom is -0.494 e. The van der Waals surface area contributed by atoms with E-state index in [9.17, 15) is 23.1 Å². The number of hydrogen-bond acceptors (Lipinski definition) is 3. The zero-order chi connectivity index (χ0) is 27.0. The van der Waals surface area contributed by atoms with Crippen LogP contribution in [0, 0.1) is 19.8 Å². The highest BCUT2D eigenvalue weighted by Crippen LogP contribution is 2.40. The Kier molecular flexibility index (Phi) is 6.86. The van der Waals surface area contributed by atoms with Crippen LogP contribution in [0.4, 0.5) is 13.2 Å². The van der Waals surface area contributed by atoms with Crippen molar-refractivity contribution in [1.82, 2.24) is 4.57 Å². The van der Waals surface area contributed by atoms with Gasteiger partial charge in [0.2, 0.25) is 5.88 Å². The molecule has 4 nitrogen and oxygen atoms in total. The van der Waals surface area contributed by atoms with Gasteiger partial charge in [0.05, 0.1) is 28.9 Å². The normalized spacial score (nSPS) is 14.9. The highest BCUT2D eigenvalue weighted by molar-refractivity contribution is 6.22. The number of aromatic nitrogens is 1. The molecule has 196 valence electrons. The lowest BCUT2D eigenvalue weighted by atomic mass is 9.99. The smallest absolute Gasteiger partial charge is 0.416 e. The molecule has 0 bridgehead atoms. The van der Waals surface area contributed by atoms with Gasteiger partial charge in [-0.05, 0) is 62.1 Å². The van der Waals surface area contributed by atoms with Crippen molar-refractivity contribution in [3.05, 3.63) is 94.5 Å². The number of ketones is 1. The SMILES string of the molecule is Cc1cc(C)cc(-n2c(O)c(C(=NCC(=O)C3CCCC3)c3ccccc3)c3ccc(C(F)(F)F)cc32)c1. The van der Waals surface area contributed by atoms with Gasteiger partial charge in [0.1, 0.15) is 0 Å². The Morgan fingerprint density at radius 3 is 2.26 bits per heavy atom. The number of aryl methyl sites for hydroxylation is 2. The van der Waals surface area contributed by atoms with Crippen LogP contribution < -0.4 is 0 Å². The molecule has 7 heteroatoms. The van der Waals surface area contributed by atoms with E-state index < -0.39 is 11.7 Å². The first-order valence-electron chi connectivity index (χ1n) is 12.8. The Hall–Kier alpha value is -3.87. The van der Waals surface area contributed by atoms with Crippen molar-refractivity contribution in [2.45, 2.75) is 45.7 Å². The van der Waals surface area contributed by atoms with Crippen LogP contribution in [0.15, 0.2) is 71.7 Å². The molecule has 0 unspecified atom stereocenters. The van der Waals surface area contributed by atoms with Gasteiger partial charge < -0.3 is 5.11 Å². The summed E-state index contributed by atoms with van der Waals surface area (Å²) in [6.45, 7) is 3.74. The Labute approximate surface area is 219 Å². The van der Waals surface area contributed by atoms with E-state index in [0.717, 1.165) is 48.9 Å². The van der Waals surface area contributed by atoms with Gasteiger partial charge in [0, 0.05) is 22.6 Å². The quantitative estimate of drug-likeness (QED) is 0.268. The molecule has 1 saturated carbocycles. The lowest BCUT2D eigenvalue weighted by Crippen LogP contribution is -2.16. The lowest BCUT2D eigenvalue weighted by molar-refractivity contribution is -0.137. The molecule has 1 fully saturated rings. The number of carbonyl (C=O) groups is 1. The molecule has 0 aliphatic heterocycles. The zero-order valence-electron chi connectivity index (χ0n) is 21.3. The maximum absolute atomic E-state index is 13.7. The van der Waals surface area contributed by atoms with Crippen LogP contribution in [-0.4, -0.2) is 27.7 Å². The van der Waals surface area contributed by atoms with Gasteiger partial charge >= 0.3 is 6.18 Å². The number of benzene rings is 3. The molecule has 0 saturated heterocycles. The van der Waals surface area contributed by atoms with Gasteiger partial charge in [0.15, 0.2) is 5.78 Å². The van der Waals surface area contributed by atoms with Gasteiger partial charge in [-0.15, -0.1) is 0 Å². The van der Waals surface area contributed by atoms with Gasteiger partial charge in [-0.3, -0.25) is 14.4 Å². The second-order valence-corrected chi connectivity index (χ2v) is 10.1. The van der Waals surface area contributed by atoms with Crippen molar-refractivity contribution in [3.63, 3.8) is 0 Å². The molecule has 3 aromatic carbocycles. The molecule has 4 aromatic rings. The van der Waals surface area contributed by atoms with Crippen molar-refractivity contribution in [2.24, 2.45) is 10.9 Å². The summed E-state index contributed by atoms with van der Waals surface area (Å²) in [5, 5.41) is 12.1. The van der Waals surface area contributed by atoms with Crippen molar-refractivity contribution in [3.8, 4) is 11.6 Å². The first-order valence-corrected chi connectivity index (χ1v) is 12.8. The Balaban J connectivity index is 1.76. The molecule has 0 spiro atoms. The van der Waals surface area contributed by atoms with Crippen molar-refractivity contribution < 1.29 is 23.1 Å². The average Bonchev–Trinajstić information content (AvgIpc) is 3.50. The van der Waals surface area contributed by atoms with Crippen LogP contribution in [0.5, 0.6) is 5.88 Å². The van der Waals surface area contributed by atoms with Crippen LogP contribution >= 0.6 is 0 Å². The van der Waals surface area contributed by atoms with Crippen molar-refractivity contribution in [2.75, 3.05) is 6.54 Å². The highest BCUT2D eigenvalue weighted by Gasteiger charge is 2.33. The Bertz CT molecular complexity index is 1510. The minimum absolute atomic E-state index is 0.0182. The maximum atomic E-state index is 13.7. The van der Waals surface area contributed by atoms with E-state index in [1.165, 1.54) is 10.6 Å². The fourth-order valence-electron chi connectivity index (χ4n) is 5.47. The molecule has 38 heavy (non-hydrogen) atoms. The van der Waals surface area contributed by atoms with E-state index >= 15 is 0 Å². The van der Waals surface area contributed by atoms with Crippen LogP contribution in [0.3, 0.4) is 0 Å². The van der Waals surface area contributed by atoms with Gasteiger partial charge in [-0.25, -0.2) is 0 Å². The summed E-state index contributed by atoms with van der Waals surface area (Å²) in [6, 6.07) is 18.2. The number of aromatic hydroxyl groups is 1. The molecule has 0 radical (unpaired) electrons. The first-order chi connectivity index (χ1) is 18.1. The van der Waals surface area contributed by atoms with Gasteiger partial charge in [0.25, 0.3) is 0 Å². The zero-order valence-corrected chi connectivity index (χ0v) is 21.3. The topological polar surface area (TPSA) is 54.6 Å². The summed E-state index contributed by atoms with van der Waals surface area (Å²) in [4.78, 5) is 17.6. The summed E-state index contributed by atoms with van der Waals surface area (Å²) in [5.41, 5.74) is 3.12. The van der Waals surface area contributed by atoms with Crippen LogP contribution in [0.2, 0.25) is 0 Å². The number of nitrogens with zero attached hydrogens (tertiary/aromatic N) is 2. The molecule has 1 aliphatic carbocycles. The Morgan fingerprint density at radius 2 is 1.63 bits per heavy atom. The number of carbonyl (C=O) groups excluding carboxylic acids is 1. The van der Waals surface area contributed by atoms with E-state index in [4.69, 9.17) is 4.99 Å². The van der Waals surface area contributed by atoms with E-state index in [0.29, 0.717) is 27.9 Å². The standard InChI is InChI=1S/C31H29F3N2O2/c1-19-14-20(2)16-24(15-19)36-26-17-23(31(32,33)34)12-13-25(26)28(30(36)38)29(22-10-4-3-5-11-22)35-18-27(37)21-8-6-7-9-21/h3-5,10-17,21,38H,6-9,18H2,1-2H3. The summed E-state index contributed by atoms with van der Waals surface area (Å²) in [7, 11) is 0. The Morgan fingerprint density at radius 1 is 0.974 bits per heavy atom. The second kappa shape index (κ2) is 10.1. The fraction of sp³-hybridized carbons (Fsp3) is 0.290. The van der Waals surface area contributed by atoms with E-state index in [2.05, 4.69) is 0 Å².